The Morgan fingerprint density at radius 2 is 2.14 bits per heavy atom. The highest BCUT2D eigenvalue weighted by atomic mass is 16.5. The molecule has 3 atom stereocenters. The lowest BCUT2D eigenvalue weighted by molar-refractivity contribution is -0.174. The Bertz CT molecular complexity index is 533. The van der Waals surface area contributed by atoms with Gasteiger partial charge in [-0.25, -0.2) is 0 Å². The quantitative estimate of drug-likeness (QED) is 0.878. The molecule has 0 saturated heterocycles. The van der Waals surface area contributed by atoms with Gasteiger partial charge in [0.05, 0.1) is 11.8 Å². The van der Waals surface area contributed by atoms with Gasteiger partial charge in [0.25, 0.3) is 0 Å². The van der Waals surface area contributed by atoms with Crippen molar-refractivity contribution in [1.29, 1.82) is 0 Å². The highest BCUT2D eigenvalue weighted by molar-refractivity contribution is 5.25. The van der Waals surface area contributed by atoms with Crippen molar-refractivity contribution in [3.05, 3.63) is 17.0 Å². The summed E-state index contributed by atoms with van der Waals surface area (Å²) in [5.41, 5.74) is 4.33. The van der Waals surface area contributed by atoms with Gasteiger partial charge < -0.3 is 10.1 Å². The molecule has 1 aromatic rings. The van der Waals surface area contributed by atoms with Crippen LogP contribution in [0.5, 0.6) is 0 Å². The second-order valence-corrected chi connectivity index (χ2v) is 7.36. The lowest BCUT2D eigenvalue weighted by atomic mass is 9.51. The molecule has 1 heterocycles. The average molecular weight is 305 g/mol. The highest BCUT2D eigenvalue weighted by Crippen LogP contribution is 2.57. The fourth-order valence-electron chi connectivity index (χ4n) is 4.49. The largest absolute Gasteiger partial charge is 0.378 e. The van der Waals surface area contributed by atoms with E-state index in [0.29, 0.717) is 23.6 Å². The number of nitrogens with one attached hydrogen (secondary N) is 1. The number of ether oxygens (including phenoxy) is 1. The van der Waals surface area contributed by atoms with Gasteiger partial charge in [-0.1, -0.05) is 6.42 Å². The van der Waals surface area contributed by atoms with Crippen LogP contribution in [0, 0.1) is 19.3 Å². The van der Waals surface area contributed by atoms with Crippen molar-refractivity contribution in [2.75, 3.05) is 6.61 Å². The second-order valence-electron chi connectivity index (χ2n) is 7.36. The van der Waals surface area contributed by atoms with E-state index in [2.05, 4.69) is 38.1 Å². The lowest BCUT2D eigenvalue weighted by Gasteiger charge is -2.61. The third-order valence-electron chi connectivity index (χ3n) is 6.09. The van der Waals surface area contributed by atoms with Crippen LogP contribution in [0.3, 0.4) is 0 Å². The summed E-state index contributed by atoms with van der Waals surface area (Å²) in [6, 6.07) is 1.14. The van der Waals surface area contributed by atoms with Crippen molar-refractivity contribution in [1.82, 2.24) is 15.1 Å². The molecule has 4 nitrogen and oxygen atoms in total. The Morgan fingerprint density at radius 1 is 1.41 bits per heavy atom. The number of aryl methyl sites for hydroxylation is 2. The summed E-state index contributed by atoms with van der Waals surface area (Å²) >= 11 is 0. The summed E-state index contributed by atoms with van der Waals surface area (Å²) in [6.07, 6.45) is 6.80. The van der Waals surface area contributed by atoms with E-state index in [9.17, 15) is 0 Å². The third kappa shape index (κ3) is 2.50. The summed E-state index contributed by atoms with van der Waals surface area (Å²) in [4.78, 5) is 0. The Kier molecular flexibility index (Phi) is 4.34. The zero-order valence-corrected chi connectivity index (χ0v) is 14.8. The average Bonchev–Trinajstić information content (AvgIpc) is 2.62. The first-order chi connectivity index (χ1) is 10.5. The van der Waals surface area contributed by atoms with Crippen LogP contribution in [0.4, 0.5) is 0 Å². The molecule has 2 aliphatic carbocycles. The maximum atomic E-state index is 5.95. The topological polar surface area (TPSA) is 39.1 Å². The lowest BCUT2D eigenvalue weighted by Crippen LogP contribution is -2.68. The molecule has 0 amide bonds. The Morgan fingerprint density at radius 3 is 2.64 bits per heavy atom. The first-order valence-electron chi connectivity index (χ1n) is 8.84. The van der Waals surface area contributed by atoms with Crippen LogP contribution in [0.15, 0.2) is 0 Å². The minimum atomic E-state index is 0.448. The van der Waals surface area contributed by atoms with Crippen molar-refractivity contribution in [2.24, 2.45) is 12.5 Å². The minimum Gasteiger partial charge on any atom is -0.378 e. The summed E-state index contributed by atoms with van der Waals surface area (Å²) in [6.45, 7) is 9.57. The molecule has 2 saturated carbocycles. The Hall–Kier alpha value is -0.870. The molecule has 1 N–H and O–H groups in total. The number of hydrogen-bond donors (Lipinski definition) is 1. The van der Waals surface area contributed by atoms with Crippen LogP contribution in [0.25, 0.3) is 0 Å². The fraction of sp³-hybridized carbons (Fsp3) is 0.833. The minimum absolute atomic E-state index is 0.448. The molecule has 3 rings (SSSR count). The SMILES string of the molecule is CCOC1CC(NC(C)Cc2c(C)nn(C)c2C)C12CCC2. The van der Waals surface area contributed by atoms with Gasteiger partial charge >= 0.3 is 0 Å². The molecule has 4 heteroatoms. The maximum absolute atomic E-state index is 5.95. The zero-order chi connectivity index (χ0) is 15.9. The molecule has 3 unspecified atom stereocenters. The Labute approximate surface area is 134 Å². The predicted molar refractivity (Wildman–Crippen MR) is 89.1 cm³/mol. The van der Waals surface area contributed by atoms with Crippen molar-refractivity contribution in [2.45, 2.75) is 78.0 Å². The summed E-state index contributed by atoms with van der Waals surface area (Å²) in [5, 5.41) is 8.43. The van der Waals surface area contributed by atoms with E-state index in [0.717, 1.165) is 13.0 Å². The van der Waals surface area contributed by atoms with E-state index in [-0.39, 0.29) is 0 Å². The van der Waals surface area contributed by atoms with Crippen LogP contribution in [0.1, 0.15) is 56.5 Å². The van der Waals surface area contributed by atoms with Gasteiger partial charge in [0.2, 0.25) is 0 Å². The predicted octanol–water partition coefficient (Wildman–Crippen LogP) is 2.91. The van der Waals surface area contributed by atoms with Gasteiger partial charge in [0, 0.05) is 36.8 Å². The maximum Gasteiger partial charge on any atom is 0.0661 e. The highest BCUT2D eigenvalue weighted by Gasteiger charge is 2.58. The van der Waals surface area contributed by atoms with Crippen LogP contribution in [-0.4, -0.2) is 34.6 Å². The van der Waals surface area contributed by atoms with Crippen LogP contribution in [-0.2, 0) is 18.2 Å². The standard InChI is InChI=1S/C18H31N3O/c1-6-22-17-11-16(18(17)8-7-9-18)19-12(2)10-15-13(3)20-21(5)14(15)4/h12,16-17,19H,6-11H2,1-5H3. The molecule has 1 spiro atoms. The number of hydrogen-bond acceptors (Lipinski definition) is 3. The molecular weight excluding hydrogens is 274 g/mol. The van der Waals surface area contributed by atoms with Crippen molar-refractivity contribution < 1.29 is 4.74 Å². The summed E-state index contributed by atoms with van der Waals surface area (Å²) in [5.74, 6) is 0. The van der Waals surface area contributed by atoms with Crippen LogP contribution in [0.2, 0.25) is 0 Å². The first-order valence-corrected chi connectivity index (χ1v) is 8.84. The van der Waals surface area contributed by atoms with Crippen molar-refractivity contribution >= 4 is 0 Å². The molecule has 0 aliphatic heterocycles. The van der Waals surface area contributed by atoms with Crippen LogP contribution >= 0.6 is 0 Å². The van der Waals surface area contributed by atoms with E-state index >= 15 is 0 Å². The molecule has 2 fully saturated rings. The molecule has 0 radical (unpaired) electrons. The summed E-state index contributed by atoms with van der Waals surface area (Å²) in [7, 11) is 2.03. The van der Waals surface area contributed by atoms with Gasteiger partial charge in [-0.2, -0.15) is 5.10 Å². The third-order valence-corrected chi connectivity index (χ3v) is 6.09. The van der Waals surface area contributed by atoms with E-state index in [1.54, 1.807) is 0 Å². The number of nitrogens with zero attached hydrogens (tertiary/aromatic N) is 2. The molecule has 0 bridgehead atoms. The van der Waals surface area contributed by atoms with E-state index < -0.39 is 0 Å². The molecule has 22 heavy (non-hydrogen) atoms. The normalized spacial score (nSPS) is 27.5. The number of aromatic nitrogens is 2. The zero-order valence-electron chi connectivity index (χ0n) is 14.8. The van der Waals surface area contributed by atoms with Gasteiger partial charge in [0.1, 0.15) is 0 Å². The first kappa shape index (κ1) is 16.0. The van der Waals surface area contributed by atoms with Crippen molar-refractivity contribution in [3.63, 3.8) is 0 Å². The number of rotatable bonds is 6. The van der Waals surface area contributed by atoms with Crippen molar-refractivity contribution in [3.8, 4) is 0 Å². The smallest absolute Gasteiger partial charge is 0.0661 e. The summed E-state index contributed by atoms with van der Waals surface area (Å²) < 4.78 is 7.95. The van der Waals surface area contributed by atoms with Crippen LogP contribution < -0.4 is 5.32 Å². The fourth-order valence-corrected chi connectivity index (χ4v) is 4.49. The molecule has 0 aromatic carbocycles. The molecule has 124 valence electrons. The monoisotopic (exact) mass is 305 g/mol. The molecular formula is C18H31N3O. The van der Waals surface area contributed by atoms with E-state index in [1.165, 1.54) is 42.6 Å². The van der Waals surface area contributed by atoms with Gasteiger partial charge in [0.15, 0.2) is 0 Å². The molecule has 1 aromatic heterocycles. The van der Waals surface area contributed by atoms with E-state index in [4.69, 9.17) is 4.74 Å². The van der Waals surface area contributed by atoms with Gasteiger partial charge in [-0.3, -0.25) is 4.68 Å². The Balaban J connectivity index is 1.60. The second kappa shape index (κ2) is 5.97. The molecule has 2 aliphatic rings. The van der Waals surface area contributed by atoms with E-state index in [1.807, 2.05) is 11.7 Å². The van der Waals surface area contributed by atoms with Gasteiger partial charge in [-0.05, 0) is 58.9 Å². The van der Waals surface area contributed by atoms with Gasteiger partial charge in [-0.15, -0.1) is 0 Å².